The number of ether oxygens (including phenoxy) is 2. The Morgan fingerprint density at radius 1 is 0.939 bits per heavy atom. The van der Waals surface area contributed by atoms with Gasteiger partial charge in [-0.05, 0) is 66.1 Å². The van der Waals surface area contributed by atoms with Crippen molar-refractivity contribution in [3.05, 3.63) is 83.2 Å². The summed E-state index contributed by atoms with van der Waals surface area (Å²) in [6.45, 7) is 0.480. The van der Waals surface area contributed by atoms with Gasteiger partial charge in [-0.1, -0.05) is 6.07 Å². The summed E-state index contributed by atoms with van der Waals surface area (Å²) in [7, 11) is -0.753. The second-order valence-electron chi connectivity index (χ2n) is 7.58. The lowest BCUT2D eigenvalue weighted by Crippen LogP contribution is -2.36. The lowest BCUT2D eigenvalue weighted by atomic mass is 10.0. The van der Waals surface area contributed by atoms with Gasteiger partial charge in [0.05, 0.1) is 19.1 Å². The van der Waals surface area contributed by atoms with Crippen LogP contribution < -0.4 is 14.8 Å². The maximum atomic E-state index is 13.2. The van der Waals surface area contributed by atoms with Crippen LogP contribution in [0.15, 0.2) is 65.6 Å². The van der Waals surface area contributed by atoms with Crippen molar-refractivity contribution in [2.24, 2.45) is 0 Å². The molecule has 0 aromatic heterocycles. The van der Waals surface area contributed by atoms with Crippen molar-refractivity contribution < 1.29 is 27.1 Å². The van der Waals surface area contributed by atoms with Gasteiger partial charge in [-0.15, -0.1) is 0 Å². The highest BCUT2D eigenvalue weighted by atomic mass is 32.2. The molecule has 0 radical (unpaired) electrons. The third kappa shape index (κ3) is 4.84. The first-order chi connectivity index (χ1) is 15.8. The van der Waals surface area contributed by atoms with Crippen molar-refractivity contribution >= 4 is 21.6 Å². The fraction of sp³-hybridized carbons (Fsp3) is 0.208. The number of halogens is 1. The SMILES string of the molecule is COc1cc(OC)cc(C(=O)Nc2ccc3c(c2)CN(S(=O)(=O)c2ccc(F)cc2)CC3)c1. The molecule has 172 valence electrons. The second-order valence-corrected chi connectivity index (χ2v) is 9.52. The molecule has 0 fully saturated rings. The van der Waals surface area contributed by atoms with E-state index in [1.54, 1.807) is 30.3 Å². The van der Waals surface area contributed by atoms with Gasteiger partial charge in [0.15, 0.2) is 0 Å². The molecule has 0 aliphatic carbocycles. The Labute approximate surface area is 191 Å². The zero-order valence-electron chi connectivity index (χ0n) is 18.2. The van der Waals surface area contributed by atoms with Gasteiger partial charge in [0.25, 0.3) is 5.91 Å². The molecule has 0 atom stereocenters. The molecule has 33 heavy (non-hydrogen) atoms. The van der Waals surface area contributed by atoms with Crippen LogP contribution in [0.2, 0.25) is 0 Å². The fourth-order valence-electron chi connectivity index (χ4n) is 3.71. The van der Waals surface area contributed by atoms with Crippen LogP contribution in [-0.4, -0.2) is 39.4 Å². The summed E-state index contributed by atoms with van der Waals surface area (Å²) in [5, 5.41) is 2.84. The Morgan fingerprint density at radius 2 is 1.61 bits per heavy atom. The van der Waals surface area contributed by atoms with Crippen molar-refractivity contribution in [2.75, 3.05) is 26.1 Å². The number of carbonyl (C=O) groups is 1. The summed E-state index contributed by atoms with van der Waals surface area (Å²) < 4.78 is 51.0. The van der Waals surface area contributed by atoms with Crippen LogP contribution >= 0.6 is 0 Å². The number of amides is 1. The van der Waals surface area contributed by atoms with Crippen LogP contribution in [0.1, 0.15) is 21.5 Å². The highest BCUT2D eigenvalue weighted by Crippen LogP contribution is 2.28. The first-order valence-corrected chi connectivity index (χ1v) is 11.7. The molecule has 0 saturated carbocycles. The zero-order chi connectivity index (χ0) is 23.6. The Bertz CT molecular complexity index is 1270. The molecule has 1 heterocycles. The monoisotopic (exact) mass is 470 g/mol. The van der Waals surface area contributed by atoms with Gasteiger partial charge < -0.3 is 14.8 Å². The maximum Gasteiger partial charge on any atom is 0.255 e. The molecule has 4 rings (SSSR count). The first-order valence-electron chi connectivity index (χ1n) is 10.2. The molecule has 0 unspecified atom stereocenters. The van der Waals surface area contributed by atoms with E-state index in [9.17, 15) is 17.6 Å². The number of nitrogens with zero attached hydrogens (tertiary/aromatic N) is 1. The molecule has 7 nitrogen and oxygen atoms in total. The molecule has 1 aliphatic rings. The van der Waals surface area contributed by atoms with Crippen molar-refractivity contribution in [1.29, 1.82) is 0 Å². The minimum atomic E-state index is -3.76. The van der Waals surface area contributed by atoms with E-state index in [2.05, 4.69) is 5.32 Å². The normalized spacial score (nSPS) is 13.8. The molecule has 1 aliphatic heterocycles. The number of sulfonamides is 1. The van der Waals surface area contributed by atoms with Crippen LogP contribution in [0, 0.1) is 5.82 Å². The molecule has 0 bridgehead atoms. The van der Waals surface area contributed by atoms with E-state index in [1.807, 2.05) is 6.07 Å². The van der Waals surface area contributed by atoms with Gasteiger partial charge in [0.2, 0.25) is 10.0 Å². The number of nitrogens with one attached hydrogen (secondary N) is 1. The summed E-state index contributed by atoms with van der Waals surface area (Å²) >= 11 is 0. The number of anilines is 1. The molecule has 3 aromatic carbocycles. The topological polar surface area (TPSA) is 84.9 Å². The van der Waals surface area contributed by atoms with Gasteiger partial charge >= 0.3 is 0 Å². The van der Waals surface area contributed by atoms with E-state index >= 15 is 0 Å². The van der Waals surface area contributed by atoms with Gasteiger partial charge in [-0.2, -0.15) is 4.31 Å². The molecular formula is C24H23FN2O5S. The van der Waals surface area contributed by atoms with Gasteiger partial charge in [0, 0.05) is 30.4 Å². The van der Waals surface area contributed by atoms with Crippen molar-refractivity contribution in [3.63, 3.8) is 0 Å². The number of benzene rings is 3. The van der Waals surface area contributed by atoms with Gasteiger partial charge in [0.1, 0.15) is 17.3 Å². The average Bonchev–Trinajstić information content (AvgIpc) is 2.83. The third-order valence-corrected chi connectivity index (χ3v) is 7.37. The van der Waals surface area contributed by atoms with Gasteiger partial charge in [-0.3, -0.25) is 4.79 Å². The quantitative estimate of drug-likeness (QED) is 0.592. The molecular weight excluding hydrogens is 447 g/mol. The minimum absolute atomic E-state index is 0.0452. The number of fused-ring (bicyclic) bond motifs is 1. The highest BCUT2D eigenvalue weighted by molar-refractivity contribution is 7.89. The largest absolute Gasteiger partial charge is 0.497 e. The lowest BCUT2D eigenvalue weighted by Gasteiger charge is -2.28. The lowest BCUT2D eigenvalue weighted by molar-refractivity contribution is 0.102. The Kier molecular flexibility index (Phi) is 6.35. The highest BCUT2D eigenvalue weighted by Gasteiger charge is 2.28. The van der Waals surface area contributed by atoms with Crippen LogP contribution in [0.25, 0.3) is 0 Å². The first kappa shape index (κ1) is 22.8. The van der Waals surface area contributed by atoms with Gasteiger partial charge in [-0.25, -0.2) is 12.8 Å². The minimum Gasteiger partial charge on any atom is -0.497 e. The van der Waals surface area contributed by atoms with Crippen LogP contribution in [0.5, 0.6) is 11.5 Å². The molecule has 9 heteroatoms. The van der Waals surface area contributed by atoms with Crippen molar-refractivity contribution in [3.8, 4) is 11.5 Å². The molecule has 0 spiro atoms. The predicted molar refractivity (Wildman–Crippen MR) is 122 cm³/mol. The fourth-order valence-corrected chi connectivity index (χ4v) is 5.13. The van der Waals surface area contributed by atoms with E-state index in [0.29, 0.717) is 35.7 Å². The maximum absolute atomic E-state index is 13.2. The van der Waals surface area contributed by atoms with Crippen LogP contribution in [0.3, 0.4) is 0 Å². The smallest absolute Gasteiger partial charge is 0.255 e. The zero-order valence-corrected chi connectivity index (χ0v) is 19.0. The predicted octanol–water partition coefficient (Wildman–Crippen LogP) is 3.84. The number of rotatable bonds is 6. The number of methoxy groups -OCH3 is 2. The molecule has 3 aromatic rings. The standard InChI is InChI=1S/C24H23FN2O5S/c1-31-21-12-17(13-22(14-21)32-2)24(28)26-20-6-3-16-9-10-27(15-18(16)11-20)33(29,30)23-7-4-19(25)5-8-23/h3-8,11-14H,9-10,15H2,1-2H3,(H,26,28). The van der Waals surface area contributed by atoms with Crippen molar-refractivity contribution in [2.45, 2.75) is 17.9 Å². The van der Waals surface area contributed by atoms with Crippen LogP contribution in [-0.2, 0) is 23.0 Å². The Morgan fingerprint density at radius 3 is 2.24 bits per heavy atom. The van der Waals surface area contributed by atoms with Crippen molar-refractivity contribution in [1.82, 2.24) is 4.31 Å². The number of hydrogen-bond acceptors (Lipinski definition) is 5. The summed E-state index contributed by atoms with van der Waals surface area (Å²) in [4.78, 5) is 12.8. The van der Waals surface area contributed by atoms with E-state index in [0.717, 1.165) is 23.3 Å². The molecule has 0 saturated heterocycles. The summed E-state index contributed by atoms with van der Waals surface area (Å²) in [5.41, 5.74) is 2.72. The van der Waals surface area contributed by atoms with E-state index < -0.39 is 15.8 Å². The third-order valence-electron chi connectivity index (χ3n) is 5.51. The molecule has 1 amide bonds. The average molecular weight is 471 g/mol. The van der Waals surface area contributed by atoms with E-state index in [4.69, 9.17) is 9.47 Å². The molecule has 1 N–H and O–H groups in total. The van der Waals surface area contributed by atoms with E-state index in [-0.39, 0.29) is 17.3 Å². The second kappa shape index (κ2) is 9.21. The number of carbonyl (C=O) groups excluding carboxylic acids is 1. The Balaban J connectivity index is 1.55. The summed E-state index contributed by atoms with van der Waals surface area (Å²) in [6, 6.07) is 15.1. The van der Waals surface area contributed by atoms with E-state index in [1.165, 1.54) is 30.7 Å². The number of hydrogen-bond donors (Lipinski definition) is 1. The summed E-state index contributed by atoms with van der Waals surface area (Å²) in [6.07, 6.45) is 0.539. The Hall–Kier alpha value is -3.43. The van der Waals surface area contributed by atoms with Crippen LogP contribution in [0.4, 0.5) is 10.1 Å². The summed E-state index contributed by atoms with van der Waals surface area (Å²) in [5.74, 6) is 0.142.